The van der Waals surface area contributed by atoms with E-state index in [0.717, 1.165) is 5.56 Å². The summed E-state index contributed by atoms with van der Waals surface area (Å²) in [5, 5.41) is 10.6. The highest BCUT2D eigenvalue weighted by Gasteiger charge is 2.75. The van der Waals surface area contributed by atoms with Gasteiger partial charge in [0.2, 0.25) is 11.8 Å². The number of rotatable bonds is 5. The van der Waals surface area contributed by atoms with Crippen LogP contribution < -0.4 is 0 Å². The molecule has 4 heterocycles. The van der Waals surface area contributed by atoms with E-state index >= 15 is 0 Å². The minimum atomic E-state index is -1.41. The van der Waals surface area contributed by atoms with Crippen LogP contribution in [0.1, 0.15) is 30.5 Å². The average Bonchev–Trinajstić information content (AvgIpc) is 3.26. The number of hydrogen-bond donors (Lipinski definition) is 1. The zero-order valence-corrected chi connectivity index (χ0v) is 21.8. The van der Waals surface area contributed by atoms with Crippen LogP contribution in [-0.4, -0.2) is 69.7 Å². The van der Waals surface area contributed by atoms with Crippen LogP contribution in [0.2, 0.25) is 0 Å². The maximum atomic E-state index is 14.5. The Kier molecular flexibility index (Phi) is 6.40. The van der Waals surface area contributed by atoms with Crippen molar-refractivity contribution in [1.29, 1.82) is 0 Å². The lowest BCUT2D eigenvalue weighted by Gasteiger charge is -2.40. The largest absolute Gasteiger partial charge is 0.465 e. The molecule has 0 bridgehead atoms. The third kappa shape index (κ3) is 4.01. The molecule has 39 heavy (non-hydrogen) atoms. The minimum Gasteiger partial charge on any atom is -0.465 e. The number of carbonyl (C=O) groups is 3. The van der Waals surface area contributed by atoms with Crippen molar-refractivity contribution in [3.63, 3.8) is 0 Å². The van der Waals surface area contributed by atoms with Crippen LogP contribution in [0.5, 0.6) is 0 Å². The maximum Gasteiger partial charge on any atom is 0.313 e. The van der Waals surface area contributed by atoms with Gasteiger partial charge in [0.05, 0.1) is 30.8 Å². The zero-order chi connectivity index (χ0) is 27.2. The highest BCUT2D eigenvalue weighted by molar-refractivity contribution is 5.99. The minimum absolute atomic E-state index is 0.214. The molecule has 8 heteroatoms. The second-order valence-electron chi connectivity index (χ2n) is 10.8. The normalized spacial score (nSPS) is 32.6. The number of hydrogen-bond acceptors (Lipinski definition) is 6. The van der Waals surface area contributed by atoms with Gasteiger partial charge in [0.1, 0.15) is 17.6 Å². The van der Waals surface area contributed by atoms with Gasteiger partial charge in [-0.05, 0) is 24.5 Å². The Hall–Kier alpha value is -3.75. The van der Waals surface area contributed by atoms with Gasteiger partial charge < -0.3 is 24.4 Å². The Balaban J connectivity index is 1.50. The Morgan fingerprint density at radius 2 is 1.67 bits per heavy atom. The van der Waals surface area contributed by atoms with Crippen LogP contribution in [-0.2, 0) is 30.4 Å². The molecule has 2 amide bonds. The van der Waals surface area contributed by atoms with Crippen molar-refractivity contribution in [2.45, 2.75) is 43.2 Å². The van der Waals surface area contributed by atoms with Gasteiger partial charge in [-0.25, -0.2) is 0 Å². The first-order chi connectivity index (χ1) is 18.9. The monoisotopic (exact) mass is 528 g/mol. The standard InChI is InChI=1S/C31H32N2O6/c1-30-15-8-9-18-38-29(37)25(30)24-27(35)33(23(20-34)22-13-6-3-7-14-22)26-28(36)32(17-10-16-31(24,26)39-30)19-21-11-4-2-5-12-21/h2-8,10-16,23-26,34H,9,17-20H2,1H3/t23-,24+,25-,26?,30+,31+/m1/s1. The predicted octanol–water partition coefficient (Wildman–Crippen LogP) is 2.79. The van der Waals surface area contributed by atoms with Gasteiger partial charge in [0.25, 0.3) is 0 Å². The molecule has 4 aliphatic heterocycles. The van der Waals surface area contributed by atoms with Crippen LogP contribution >= 0.6 is 0 Å². The number of ether oxygens (including phenoxy) is 2. The summed E-state index contributed by atoms with van der Waals surface area (Å²) in [5.41, 5.74) is -0.892. The van der Waals surface area contributed by atoms with Crippen molar-refractivity contribution in [3.8, 4) is 0 Å². The van der Waals surface area contributed by atoms with Crippen molar-refractivity contribution in [2.75, 3.05) is 19.8 Å². The first-order valence-corrected chi connectivity index (χ1v) is 13.4. The molecule has 2 saturated heterocycles. The number of amides is 2. The molecule has 2 fully saturated rings. The lowest BCUT2D eigenvalue weighted by Crippen LogP contribution is -2.56. The average molecular weight is 529 g/mol. The SMILES string of the molecule is C[C@]12C=CCCOC(=O)[C@H]1[C@H]1C(=O)N([C@H](CO)c3ccccc3)C3C(=O)N(Cc4ccccc4)CC=C[C@@]31O2. The summed E-state index contributed by atoms with van der Waals surface area (Å²) in [5.74, 6) is -3.13. The predicted molar refractivity (Wildman–Crippen MR) is 142 cm³/mol. The van der Waals surface area contributed by atoms with Gasteiger partial charge in [-0.15, -0.1) is 0 Å². The van der Waals surface area contributed by atoms with Gasteiger partial charge >= 0.3 is 5.97 Å². The second-order valence-corrected chi connectivity index (χ2v) is 10.8. The molecule has 0 aliphatic carbocycles. The van der Waals surface area contributed by atoms with E-state index in [-0.39, 0.29) is 12.5 Å². The third-order valence-electron chi connectivity index (χ3n) is 8.45. The highest BCUT2D eigenvalue weighted by Crippen LogP contribution is 2.58. The van der Waals surface area contributed by atoms with E-state index in [2.05, 4.69) is 0 Å². The number of fused-ring (bicyclic) bond motifs is 2. The van der Waals surface area contributed by atoms with Crippen LogP contribution in [0.3, 0.4) is 0 Å². The Morgan fingerprint density at radius 1 is 0.949 bits per heavy atom. The first kappa shape index (κ1) is 25.5. The van der Waals surface area contributed by atoms with Crippen molar-refractivity contribution in [3.05, 3.63) is 96.1 Å². The molecule has 6 rings (SSSR count). The fourth-order valence-corrected chi connectivity index (χ4v) is 6.79. The van der Waals surface area contributed by atoms with Crippen LogP contribution in [0.25, 0.3) is 0 Å². The van der Waals surface area contributed by atoms with E-state index < -0.39 is 53.6 Å². The summed E-state index contributed by atoms with van der Waals surface area (Å²) in [7, 11) is 0. The topological polar surface area (TPSA) is 96.4 Å². The van der Waals surface area contributed by atoms with Gasteiger partial charge in [0, 0.05) is 13.1 Å². The van der Waals surface area contributed by atoms with E-state index in [4.69, 9.17) is 9.47 Å². The van der Waals surface area contributed by atoms with Crippen molar-refractivity contribution in [1.82, 2.24) is 9.80 Å². The van der Waals surface area contributed by atoms with E-state index in [1.54, 1.807) is 17.9 Å². The molecule has 0 aromatic heterocycles. The maximum absolute atomic E-state index is 14.5. The molecule has 1 spiro atoms. The molecule has 8 nitrogen and oxygen atoms in total. The van der Waals surface area contributed by atoms with Crippen LogP contribution in [0.15, 0.2) is 85.0 Å². The summed E-state index contributed by atoms with van der Waals surface area (Å²) < 4.78 is 12.3. The smallest absolute Gasteiger partial charge is 0.313 e. The molecule has 4 aliphatic rings. The first-order valence-electron chi connectivity index (χ1n) is 13.4. The Bertz CT molecular complexity index is 1330. The summed E-state index contributed by atoms with van der Waals surface area (Å²) in [6.07, 6.45) is 7.95. The molecule has 6 atom stereocenters. The number of cyclic esters (lactones) is 1. The number of benzene rings is 2. The number of esters is 1. The fraction of sp³-hybridized carbons (Fsp3) is 0.387. The lowest BCUT2D eigenvalue weighted by molar-refractivity contribution is -0.162. The van der Waals surface area contributed by atoms with E-state index in [1.807, 2.05) is 78.9 Å². The molecule has 1 unspecified atom stereocenters. The highest BCUT2D eigenvalue weighted by atomic mass is 16.6. The second kappa shape index (κ2) is 9.77. The van der Waals surface area contributed by atoms with Crippen LogP contribution in [0, 0.1) is 11.8 Å². The van der Waals surface area contributed by atoms with Gasteiger partial charge in [-0.2, -0.15) is 0 Å². The number of likely N-dealkylation sites (tertiary alicyclic amines) is 1. The van der Waals surface area contributed by atoms with Crippen molar-refractivity contribution in [2.24, 2.45) is 11.8 Å². The molecule has 2 aromatic rings. The molecular weight excluding hydrogens is 496 g/mol. The Labute approximate surface area is 227 Å². The number of aliphatic hydroxyl groups is 1. The number of carbonyl (C=O) groups excluding carboxylic acids is 3. The van der Waals surface area contributed by atoms with Crippen LogP contribution in [0.4, 0.5) is 0 Å². The summed E-state index contributed by atoms with van der Waals surface area (Å²) in [6.45, 7) is 2.28. The van der Waals surface area contributed by atoms with E-state index in [1.165, 1.54) is 4.90 Å². The zero-order valence-electron chi connectivity index (χ0n) is 21.8. The number of nitrogens with zero attached hydrogens (tertiary/aromatic N) is 2. The molecule has 1 N–H and O–H groups in total. The molecule has 202 valence electrons. The summed E-state index contributed by atoms with van der Waals surface area (Å²) >= 11 is 0. The lowest BCUT2D eigenvalue weighted by atomic mass is 9.74. The Morgan fingerprint density at radius 3 is 2.38 bits per heavy atom. The quantitative estimate of drug-likeness (QED) is 0.474. The summed E-state index contributed by atoms with van der Waals surface area (Å²) in [6, 6.07) is 16.9. The van der Waals surface area contributed by atoms with Gasteiger partial charge in [0.15, 0.2) is 0 Å². The molecule has 0 saturated carbocycles. The summed E-state index contributed by atoms with van der Waals surface area (Å²) in [4.78, 5) is 45.6. The fourth-order valence-electron chi connectivity index (χ4n) is 6.79. The van der Waals surface area contributed by atoms with Crippen molar-refractivity contribution < 1.29 is 29.0 Å². The molecule has 0 radical (unpaired) electrons. The third-order valence-corrected chi connectivity index (χ3v) is 8.45. The number of aliphatic hydroxyl groups excluding tert-OH is 1. The van der Waals surface area contributed by atoms with Gasteiger partial charge in [-0.1, -0.05) is 85.0 Å². The molecule has 2 aromatic carbocycles. The molecular formula is C31H32N2O6. The van der Waals surface area contributed by atoms with E-state index in [0.29, 0.717) is 25.1 Å². The van der Waals surface area contributed by atoms with Crippen molar-refractivity contribution >= 4 is 17.8 Å². The van der Waals surface area contributed by atoms with Gasteiger partial charge in [-0.3, -0.25) is 14.4 Å². The van der Waals surface area contributed by atoms with E-state index in [9.17, 15) is 19.5 Å².